The Morgan fingerprint density at radius 1 is 0.455 bits per heavy atom. The lowest BCUT2D eigenvalue weighted by Crippen LogP contribution is -2.29. The van der Waals surface area contributed by atoms with Crippen molar-refractivity contribution in [1.82, 2.24) is 0 Å². The van der Waals surface area contributed by atoms with Crippen LogP contribution in [0.25, 0.3) is 0 Å². The normalized spacial score (nSPS) is 11.7. The van der Waals surface area contributed by atoms with E-state index in [0.717, 1.165) is 6.42 Å². The highest BCUT2D eigenvalue weighted by Gasteiger charge is 2.35. The van der Waals surface area contributed by atoms with Gasteiger partial charge < -0.3 is 0 Å². The summed E-state index contributed by atoms with van der Waals surface area (Å²) in [6.07, 6.45) is 14.6. The molecular formula is C30H37Br2P. The van der Waals surface area contributed by atoms with E-state index in [2.05, 4.69) is 122 Å². The standard InChI is InChI=1S/C30H37Br2P/c31-33(32)26-18-7-5-3-1-2-4-6-17-25-30(27-19-11-8-12-20-27,28-21-13-9-14-22-28)29-23-15-10-16-24-29/h8-16,19-24H,1-7,17-18,25-26H2. The molecule has 0 radical (unpaired) electrons. The van der Waals surface area contributed by atoms with E-state index < -0.39 is 0 Å². The van der Waals surface area contributed by atoms with Crippen molar-refractivity contribution in [3.63, 3.8) is 0 Å². The molecule has 3 aromatic carbocycles. The molecule has 3 rings (SSSR count). The van der Waals surface area contributed by atoms with E-state index in [0.29, 0.717) is 0 Å². The Morgan fingerprint density at radius 2 is 0.788 bits per heavy atom. The maximum atomic E-state index is 3.63. The summed E-state index contributed by atoms with van der Waals surface area (Å²) in [5.41, 5.74) is 4.11. The molecule has 0 amide bonds. The lowest BCUT2D eigenvalue weighted by molar-refractivity contribution is 0.494. The predicted octanol–water partition coefficient (Wildman–Crippen LogP) is 11.0. The number of halogens is 2. The molecule has 0 atom stereocenters. The van der Waals surface area contributed by atoms with E-state index >= 15 is 0 Å². The van der Waals surface area contributed by atoms with Crippen LogP contribution in [-0.4, -0.2) is 6.16 Å². The maximum Gasteiger partial charge on any atom is 0.0451 e. The molecule has 3 heteroatoms. The molecule has 0 saturated carbocycles. The summed E-state index contributed by atoms with van der Waals surface area (Å²) >= 11 is 7.26. The highest BCUT2D eigenvalue weighted by atomic mass is 79.9. The van der Waals surface area contributed by atoms with Crippen LogP contribution in [0.5, 0.6) is 0 Å². The van der Waals surface area contributed by atoms with Crippen molar-refractivity contribution in [3.8, 4) is 0 Å². The van der Waals surface area contributed by atoms with Crippen LogP contribution < -0.4 is 0 Å². The Bertz CT molecular complexity index is 784. The molecular weight excluding hydrogens is 551 g/mol. The number of hydrogen-bond donors (Lipinski definition) is 0. The van der Waals surface area contributed by atoms with Crippen molar-refractivity contribution in [2.45, 2.75) is 69.6 Å². The summed E-state index contributed by atoms with van der Waals surface area (Å²) in [5, 5.41) is -0.0706. The fourth-order valence-corrected chi connectivity index (χ4v) is 6.93. The number of rotatable bonds is 15. The molecule has 0 aromatic heterocycles. The third-order valence-corrected chi connectivity index (χ3v) is 9.46. The summed E-state index contributed by atoms with van der Waals surface area (Å²) in [7, 11) is 0. The Morgan fingerprint density at radius 3 is 1.15 bits per heavy atom. The summed E-state index contributed by atoms with van der Waals surface area (Å²) < 4.78 is 0. The molecule has 0 spiro atoms. The van der Waals surface area contributed by atoms with Crippen molar-refractivity contribution >= 4 is 36.3 Å². The number of benzene rings is 3. The predicted molar refractivity (Wildman–Crippen MR) is 155 cm³/mol. The van der Waals surface area contributed by atoms with Crippen LogP contribution >= 0.6 is 36.3 Å². The van der Waals surface area contributed by atoms with Gasteiger partial charge >= 0.3 is 0 Å². The van der Waals surface area contributed by atoms with E-state index in [1.165, 1.54) is 80.6 Å². The van der Waals surface area contributed by atoms with Gasteiger partial charge in [-0.15, -0.1) is 0 Å². The van der Waals surface area contributed by atoms with Crippen LogP contribution in [0, 0.1) is 0 Å². The third-order valence-electron chi connectivity index (χ3n) is 6.68. The van der Waals surface area contributed by atoms with Gasteiger partial charge in [0.2, 0.25) is 0 Å². The van der Waals surface area contributed by atoms with Crippen molar-refractivity contribution in [1.29, 1.82) is 0 Å². The van der Waals surface area contributed by atoms with Gasteiger partial charge in [0, 0.05) is 10.7 Å². The summed E-state index contributed by atoms with van der Waals surface area (Å²) in [6.45, 7) is 0. The molecule has 0 heterocycles. The maximum absolute atomic E-state index is 3.63. The monoisotopic (exact) mass is 586 g/mol. The van der Waals surface area contributed by atoms with Crippen molar-refractivity contribution in [2.75, 3.05) is 6.16 Å². The molecule has 0 N–H and O–H groups in total. The fraction of sp³-hybridized carbons (Fsp3) is 0.400. The molecule has 0 bridgehead atoms. The van der Waals surface area contributed by atoms with Crippen molar-refractivity contribution < 1.29 is 0 Å². The minimum atomic E-state index is -0.0893. The quantitative estimate of drug-likeness (QED) is 0.0942. The van der Waals surface area contributed by atoms with Gasteiger partial charge in [-0.05, 0) is 66.7 Å². The average molecular weight is 588 g/mol. The summed E-state index contributed by atoms with van der Waals surface area (Å²) in [4.78, 5) is 0. The highest BCUT2D eigenvalue weighted by molar-refractivity contribution is 9.69. The van der Waals surface area contributed by atoms with E-state index in [-0.39, 0.29) is 10.7 Å². The molecule has 3 aromatic rings. The number of unbranched alkanes of at least 4 members (excludes halogenated alkanes) is 8. The first kappa shape index (κ1) is 26.7. The molecule has 33 heavy (non-hydrogen) atoms. The zero-order valence-corrected chi connectivity index (χ0v) is 23.7. The smallest absolute Gasteiger partial charge is 0.0451 e. The average Bonchev–Trinajstić information content (AvgIpc) is 2.86. The molecule has 0 aliphatic carbocycles. The second kappa shape index (κ2) is 15.1. The minimum Gasteiger partial charge on any atom is -0.0622 e. The van der Waals surface area contributed by atoms with Crippen LogP contribution in [0.2, 0.25) is 0 Å². The first-order valence-electron chi connectivity index (χ1n) is 12.5. The second-order valence-electron chi connectivity index (χ2n) is 8.96. The molecule has 0 saturated heterocycles. The third kappa shape index (κ3) is 8.34. The first-order chi connectivity index (χ1) is 16.2. The Kier molecular flexibility index (Phi) is 12.2. The van der Waals surface area contributed by atoms with Crippen molar-refractivity contribution in [3.05, 3.63) is 108 Å². The number of hydrogen-bond acceptors (Lipinski definition) is 0. The highest BCUT2D eigenvalue weighted by Crippen LogP contribution is 2.52. The zero-order valence-electron chi connectivity index (χ0n) is 19.6. The summed E-state index contributed by atoms with van der Waals surface area (Å²) in [5.74, 6) is 0. The zero-order chi connectivity index (χ0) is 23.2. The van der Waals surface area contributed by atoms with Gasteiger partial charge in [-0.1, -0.05) is 142 Å². The molecule has 176 valence electrons. The van der Waals surface area contributed by atoms with E-state index in [1.54, 1.807) is 0 Å². The summed E-state index contributed by atoms with van der Waals surface area (Å²) in [6, 6.07) is 33.4. The molecule has 0 aliphatic rings. The van der Waals surface area contributed by atoms with Gasteiger partial charge in [-0.2, -0.15) is 0 Å². The molecule has 0 aliphatic heterocycles. The van der Waals surface area contributed by atoms with E-state index in [1.807, 2.05) is 0 Å². The van der Waals surface area contributed by atoms with Gasteiger partial charge in [0.1, 0.15) is 0 Å². The van der Waals surface area contributed by atoms with Gasteiger partial charge in [0.25, 0.3) is 0 Å². The van der Waals surface area contributed by atoms with Gasteiger partial charge in [0.15, 0.2) is 0 Å². The van der Waals surface area contributed by atoms with Crippen LogP contribution in [0.4, 0.5) is 0 Å². The van der Waals surface area contributed by atoms with Crippen molar-refractivity contribution in [2.24, 2.45) is 0 Å². The lowest BCUT2D eigenvalue weighted by Gasteiger charge is -2.36. The lowest BCUT2D eigenvalue weighted by atomic mass is 9.66. The Labute approximate surface area is 218 Å². The Hall–Kier alpha value is -0.950. The van der Waals surface area contributed by atoms with Gasteiger partial charge in [-0.3, -0.25) is 0 Å². The second-order valence-corrected chi connectivity index (χ2v) is 18.0. The minimum absolute atomic E-state index is 0.0706. The Balaban J connectivity index is 1.60. The van der Waals surface area contributed by atoms with Gasteiger partial charge in [0.05, 0.1) is 0 Å². The van der Waals surface area contributed by atoms with E-state index in [4.69, 9.17) is 0 Å². The van der Waals surface area contributed by atoms with Crippen LogP contribution in [0.15, 0.2) is 91.0 Å². The topological polar surface area (TPSA) is 0 Å². The van der Waals surface area contributed by atoms with E-state index in [9.17, 15) is 0 Å². The van der Waals surface area contributed by atoms with Crippen LogP contribution in [0.1, 0.15) is 80.9 Å². The van der Waals surface area contributed by atoms with Gasteiger partial charge in [-0.25, -0.2) is 0 Å². The fourth-order valence-electron chi connectivity index (χ4n) is 4.96. The molecule has 0 unspecified atom stereocenters. The largest absolute Gasteiger partial charge is 0.0622 e. The van der Waals surface area contributed by atoms with Crippen LogP contribution in [-0.2, 0) is 5.41 Å². The molecule has 0 nitrogen and oxygen atoms in total. The first-order valence-corrected chi connectivity index (χ1v) is 18.1. The SMILES string of the molecule is BrP(Br)CCCCCCCCCCCC(c1ccccc1)(c1ccccc1)c1ccccc1. The van der Waals surface area contributed by atoms with Crippen LogP contribution in [0.3, 0.4) is 0 Å². The molecule has 0 fully saturated rings.